The summed E-state index contributed by atoms with van der Waals surface area (Å²) in [6, 6.07) is 8.41. The van der Waals surface area contributed by atoms with E-state index in [1.54, 1.807) is 0 Å². The maximum atomic E-state index is 12.9. The molecule has 1 aromatic heterocycles. The number of aromatic nitrogens is 2. The summed E-state index contributed by atoms with van der Waals surface area (Å²) in [6.45, 7) is 1.44. The number of carbonyl (C=O) groups excluding carboxylic acids is 1. The van der Waals surface area contributed by atoms with Crippen molar-refractivity contribution in [2.45, 2.75) is 57.0 Å². The minimum atomic E-state index is 0.195. The zero-order valence-corrected chi connectivity index (χ0v) is 14.0. The van der Waals surface area contributed by atoms with Gasteiger partial charge in [0.15, 0.2) is 0 Å². The fourth-order valence-corrected chi connectivity index (χ4v) is 3.93. The lowest BCUT2D eigenvalue weighted by Crippen LogP contribution is -2.38. The Balaban J connectivity index is 1.57. The highest BCUT2D eigenvalue weighted by molar-refractivity contribution is 5.81. The van der Waals surface area contributed by atoms with Crippen LogP contribution >= 0.6 is 0 Å². The van der Waals surface area contributed by atoms with Gasteiger partial charge < -0.3 is 14.6 Å². The van der Waals surface area contributed by atoms with Crippen LogP contribution in [-0.4, -0.2) is 44.7 Å². The van der Waals surface area contributed by atoms with Crippen LogP contribution in [0.2, 0.25) is 0 Å². The predicted octanol–water partition coefficient (Wildman–Crippen LogP) is 2.68. The minimum Gasteiger partial charge on any atom is -0.396 e. The van der Waals surface area contributed by atoms with Crippen LogP contribution in [0.1, 0.15) is 50.3 Å². The molecule has 1 amide bonds. The average Bonchev–Trinajstić information content (AvgIpc) is 3.22. The second-order valence-corrected chi connectivity index (χ2v) is 7.07. The maximum absolute atomic E-state index is 12.9. The summed E-state index contributed by atoms with van der Waals surface area (Å²) in [5.41, 5.74) is 2.06. The standard InChI is InChI=1S/C19H25N3O2/c23-12-4-6-15-5-3-11-21(15)18(24)13-22-17-8-2-1-7-16(17)20-19(22)14-9-10-14/h1-2,7-8,14-15,23H,3-6,9-13H2. The highest BCUT2D eigenvalue weighted by atomic mass is 16.3. The molecule has 128 valence electrons. The van der Waals surface area contributed by atoms with Crippen LogP contribution in [0.25, 0.3) is 11.0 Å². The van der Waals surface area contributed by atoms with Crippen LogP contribution in [-0.2, 0) is 11.3 Å². The normalized spacial score (nSPS) is 20.9. The number of likely N-dealkylation sites (tertiary alicyclic amines) is 1. The summed E-state index contributed by atoms with van der Waals surface area (Å²) in [4.78, 5) is 19.8. The van der Waals surface area contributed by atoms with Gasteiger partial charge in [-0.25, -0.2) is 4.98 Å². The monoisotopic (exact) mass is 327 g/mol. The van der Waals surface area contributed by atoms with Crippen LogP contribution < -0.4 is 0 Å². The van der Waals surface area contributed by atoms with Gasteiger partial charge in [0.25, 0.3) is 0 Å². The maximum Gasteiger partial charge on any atom is 0.242 e. The molecule has 0 radical (unpaired) electrons. The fourth-order valence-electron chi connectivity index (χ4n) is 3.93. The number of aliphatic hydroxyl groups is 1. The Morgan fingerprint density at radius 2 is 2.08 bits per heavy atom. The molecule has 1 atom stereocenters. The number of para-hydroxylation sites is 2. The number of hydrogen-bond donors (Lipinski definition) is 1. The van der Waals surface area contributed by atoms with Crippen LogP contribution in [0, 0.1) is 0 Å². The van der Waals surface area contributed by atoms with Crippen LogP contribution in [0.5, 0.6) is 0 Å². The van der Waals surface area contributed by atoms with Crippen molar-refractivity contribution in [1.29, 1.82) is 0 Å². The Labute approximate surface area is 142 Å². The number of nitrogens with zero attached hydrogens (tertiary/aromatic N) is 3. The molecule has 2 heterocycles. The molecule has 2 aromatic rings. The van der Waals surface area contributed by atoms with E-state index in [0.717, 1.165) is 49.1 Å². The number of rotatable bonds is 6. The molecule has 24 heavy (non-hydrogen) atoms. The summed E-state index contributed by atoms with van der Waals surface area (Å²) < 4.78 is 2.14. The van der Waals surface area contributed by atoms with Gasteiger partial charge in [0.05, 0.1) is 11.0 Å². The average molecular weight is 327 g/mol. The molecular formula is C19H25N3O2. The smallest absolute Gasteiger partial charge is 0.242 e. The van der Waals surface area contributed by atoms with Crippen molar-refractivity contribution in [1.82, 2.24) is 14.5 Å². The molecule has 1 aromatic carbocycles. The third-order valence-corrected chi connectivity index (χ3v) is 5.31. The van der Waals surface area contributed by atoms with E-state index in [0.29, 0.717) is 18.5 Å². The van der Waals surface area contributed by atoms with Crippen molar-refractivity contribution in [3.8, 4) is 0 Å². The van der Waals surface area contributed by atoms with Crippen LogP contribution in [0.15, 0.2) is 24.3 Å². The lowest BCUT2D eigenvalue weighted by molar-refractivity contribution is -0.132. The van der Waals surface area contributed by atoms with Gasteiger partial charge in [-0.15, -0.1) is 0 Å². The minimum absolute atomic E-state index is 0.195. The largest absolute Gasteiger partial charge is 0.396 e. The fraction of sp³-hybridized carbons (Fsp3) is 0.579. The van der Waals surface area contributed by atoms with Gasteiger partial charge >= 0.3 is 0 Å². The zero-order chi connectivity index (χ0) is 16.5. The van der Waals surface area contributed by atoms with Crippen molar-refractivity contribution in [2.75, 3.05) is 13.2 Å². The van der Waals surface area contributed by atoms with Gasteiger partial charge in [-0.2, -0.15) is 0 Å². The number of carbonyl (C=O) groups is 1. The predicted molar refractivity (Wildman–Crippen MR) is 92.8 cm³/mol. The number of benzene rings is 1. The SMILES string of the molecule is O=C(Cn1c(C2CC2)nc2ccccc21)N1CCCC1CCCO. The van der Waals surface area contributed by atoms with E-state index >= 15 is 0 Å². The summed E-state index contributed by atoms with van der Waals surface area (Å²) >= 11 is 0. The molecule has 2 aliphatic rings. The first-order valence-electron chi connectivity index (χ1n) is 9.13. The van der Waals surface area contributed by atoms with Crippen LogP contribution in [0.3, 0.4) is 0 Å². The molecule has 0 bridgehead atoms. The first-order valence-corrected chi connectivity index (χ1v) is 9.13. The molecule has 1 saturated carbocycles. The highest BCUT2D eigenvalue weighted by Crippen LogP contribution is 2.40. The van der Waals surface area contributed by atoms with Crippen molar-refractivity contribution in [2.24, 2.45) is 0 Å². The summed E-state index contributed by atoms with van der Waals surface area (Å²) in [7, 11) is 0. The number of amides is 1. The molecule has 1 aliphatic carbocycles. The molecule has 0 spiro atoms. The summed E-state index contributed by atoms with van der Waals surface area (Å²) in [5.74, 6) is 1.80. The van der Waals surface area contributed by atoms with Gasteiger partial charge in [0.2, 0.25) is 5.91 Å². The topological polar surface area (TPSA) is 58.4 Å². The molecule has 1 saturated heterocycles. The van der Waals surface area contributed by atoms with E-state index in [9.17, 15) is 4.79 Å². The van der Waals surface area contributed by atoms with E-state index in [-0.39, 0.29) is 12.5 Å². The van der Waals surface area contributed by atoms with Crippen molar-refractivity contribution < 1.29 is 9.90 Å². The zero-order valence-electron chi connectivity index (χ0n) is 14.0. The second kappa shape index (κ2) is 6.55. The Morgan fingerprint density at radius 1 is 1.25 bits per heavy atom. The Kier molecular flexibility index (Phi) is 4.27. The van der Waals surface area contributed by atoms with E-state index in [4.69, 9.17) is 10.1 Å². The molecule has 5 nitrogen and oxygen atoms in total. The lowest BCUT2D eigenvalue weighted by atomic mass is 10.1. The van der Waals surface area contributed by atoms with E-state index < -0.39 is 0 Å². The number of fused-ring (bicyclic) bond motifs is 1. The summed E-state index contributed by atoms with van der Waals surface area (Å²) in [5, 5.41) is 9.07. The first kappa shape index (κ1) is 15.6. The highest BCUT2D eigenvalue weighted by Gasteiger charge is 2.32. The molecule has 2 fully saturated rings. The Bertz CT molecular complexity index is 735. The second-order valence-electron chi connectivity index (χ2n) is 7.07. The Hall–Kier alpha value is -1.88. The molecule has 1 aliphatic heterocycles. The van der Waals surface area contributed by atoms with Gasteiger partial charge in [-0.3, -0.25) is 4.79 Å². The van der Waals surface area contributed by atoms with Gasteiger partial charge in [-0.1, -0.05) is 12.1 Å². The molecular weight excluding hydrogens is 302 g/mol. The molecule has 1 N–H and O–H groups in total. The van der Waals surface area contributed by atoms with Crippen LogP contribution in [0.4, 0.5) is 0 Å². The number of aliphatic hydroxyl groups excluding tert-OH is 1. The third kappa shape index (κ3) is 2.93. The first-order chi connectivity index (χ1) is 11.8. The van der Waals surface area contributed by atoms with Crippen molar-refractivity contribution in [3.63, 3.8) is 0 Å². The van der Waals surface area contributed by atoms with Gasteiger partial charge in [-0.05, 0) is 50.7 Å². The van der Waals surface area contributed by atoms with E-state index in [1.807, 2.05) is 23.1 Å². The molecule has 4 rings (SSSR count). The van der Waals surface area contributed by atoms with Gasteiger partial charge in [0.1, 0.15) is 12.4 Å². The number of hydrogen-bond acceptors (Lipinski definition) is 3. The Morgan fingerprint density at radius 3 is 2.88 bits per heavy atom. The molecule has 1 unspecified atom stereocenters. The van der Waals surface area contributed by atoms with Crippen molar-refractivity contribution >= 4 is 16.9 Å². The van der Waals surface area contributed by atoms with E-state index in [1.165, 1.54) is 12.8 Å². The van der Waals surface area contributed by atoms with E-state index in [2.05, 4.69) is 10.6 Å². The third-order valence-electron chi connectivity index (χ3n) is 5.31. The lowest BCUT2D eigenvalue weighted by Gasteiger charge is -2.25. The van der Waals surface area contributed by atoms with Gasteiger partial charge in [0, 0.05) is 25.1 Å². The van der Waals surface area contributed by atoms with Crippen molar-refractivity contribution in [3.05, 3.63) is 30.1 Å². The molecule has 5 heteroatoms. The summed E-state index contributed by atoms with van der Waals surface area (Å²) in [6.07, 6.45) is 6.17. The quantitative estimate of drug-likeness (QED) is 0.887. The number of imidazole rings is 1.